The van der Waals surface area contributed by atoms with E-state index in [0.29, 0.717) is 0 Å². The number of hydrogen-bond donors (Lipinski definition) is 1. The Bertz CT molecular complexity index is 204. The Kier molecular flexibility index (Phi) is 3.76. The van der Waals surface area contributed by atoms with Crippen molar-refractivity contribution in [2.24, 2.45) is 0 Å². The molecule has 2 amide bonds. The van der Waals surface area contributed by atoms with Crippen molar-refractivity contribution >= 4 is 6.03 Å². The van der Waals surface area contributed by atoms with Crippen LogP contribution in [0, 0.1) is 0 Å². The van der Waals surface area contributed by atoms with Crippen LogP contribution >= 0.6 is 0 Å². The zero-order valence-electron chi connectivity index (χ0n) is 8.12. The topological polar surface area (TPSA) is 41.6 Å². The molecule has 0 aromatic carbocycles. The second kappa shape index (κ2) is 4.87. The number of nitrogens with zero attached hydrogens (tertiary/aromatic N) is 1. The fraction of sp³-hybridized carbons (Fsp3) is 0.667. The molecule has 1 aliphatic rings. The molecule has 0 heterocycles. The van der Waals surface area contributed by atoms with Gasteiger partial charge in [-0.1, -0.05) is 12.2 Å². The summed E-state index contributed by atoms with van der Waals surface area (Å²) < 4.78 is 0. The normalized spacial score (nSPS) is 21.2. The van der Waals surface area contributed by atoms with Gasteiger partial charge in [0.1, 0.15) is 0 Å². The van der Waals surface area contributed by atoms with Crippen molar-refractivity contribution in [3.8, 4) is 0 Å². The number of amides is 2. The summed E-state index contributed by atoms with van der Waals surface area (Å²) in [5, 5.41) is 4.03. The van der Waals surface area contributed by atoms with E-state index in [2.05, 4.69) is 11.4 Å². The lowest BCUT2D eigenvalue weighted by Crippen LogP contribution is -2.42. The van der Waals surface area contributed by atoms with E-state index in [4.69, 9.17) is 4.84 Å². The standard InChI is InChI=1S/C9H16N2O2/c1-11(13-2)9(12)10-8-6-4-3-5-7-8/h4,6,8H,3,5,7H2,1-2H3,(H,10,12). The van der Waals surface area contributed by atoms with Crippen LogP contribution in [0.1, 0.15) is 19.3 Å². The number of allylic oxidation sites excluding steroid dienone is 1. The minimum atomic E-state index is -0.195. The first kappa shape index (κ1) is 10.1. The van der Waals surface area contributed by atoms with Crippen molar-refractivity contribution in [2.45, 2.75) is 25.3 Å². The van der Waals surface area contributed by atoms with Crippen LogP contribution in [0.2, 0.25) is 0 Å². The second-order valence-electron chi connectivity index (χ2n) is 3.10. The Hall–Kier alpha value is -1.03. The highest BCUT2D eigenvalue weighted by atomic mass is 16.7. The number of urea groups is 1. The average Bonchev–Trinajstić information content (AvgIpc) is 2.18. The number of nitrogens with one attached hydrogen (secondary N) is 1. The Morgan fingerprint density at radius 3 is 3.00 bits per heavy atom. The molecule has 0 radical (unpaired) electrons. The molecule has 1 N–H and O–H groups in total. The molecule has 0 saturated carbocycles. The predicted octanol–water partition coefficient (Wildman–Crippen LogP) is 1.30. The first-order valence-electron chi connectivity index (χ1n) is 4.49. The van der Waals surface area contributed by atoms with Gasteiger partial charge in [-0.2, -0.15) is 0 Å². The summed E-state index contributed by atoms with van der Waals surface area (Å²) >= 11 is 0. The van der Waals surface area contributed by atoms with E-state index in [-0.39, 0.29) is 12.1 Å². The third-order valence-corrected chi connectivity index (χ3v) is 2.12. The molecule has 0 aliphatic heterocycles. The number of hydrogen-bond acceptors (Lipinski definition) is 2. The molecule has 1 aliphatic carbocycles. The van der Waals surface area contributed by atoms with Crippen LogP contribution in [0.15, 0.2) is 12.2 Å². The summed E-state index contributed by atoms with van der Waals surface area (Å²) in [7, 11) is 3.05. The molecular weight excluding hydrogens is 168 g/mol. The molecule has 4 heteroatoms. The smallest absolute Gasteiger partial charge is 0.330 e. The molecule has 74 valence electrons. The summed E-state index contributed by atoms with van der Waals surface area (Å²) in [4.78, 5) is 16.0. The van der Waals surface area contributed by atoms with Crippen LogP contribution < -0.4 is 5.32 Å². The first-order chi connectivity index (χ1) is 6.24. The summed E-state index contributed by atoms with van der Waals surface area (Å²) in [6, 6.07) is -0.0297. The maximum Gasteiger partial charge on any atom is 0.341 e. The molecular formula is C9H16N2O2. The number of hydroxylamine groups is 2. The monoisotopic (exact) mass is 184 g/mol. The zero-order chi connectivity index (χ0) is 9.68. The maximum atomic E-state index is 11.3. The molecule has 0 saturated heterocycles. The first-order valence-corrected chi connectivity index (χ1v) is 4.49. The lowest BCUT2D eigenvalue weighted by Gasteiger charge is -2.21. The lowest BCUT2D eigenvalue weighted by molar-refractivity contribution is -0.0652. The molecule has 0 aromatic rings. The maximum absolute atomic E-state index is 11.3. The third kappa shape index (κ3) is 3.06. The average molecular weight is 184 g/mol. The van der Waals surface area contributed by atoms with Gasteiger partial charge in [0.15, 0.2) is 0 Å². The molecule has 4 nitrogen and oxygen atoms in total. The number of carbonyl (C=O) groups excluding carboxylic acids is 1. The van der Waals surface area contributed by atoms with Gasteiger partial charge < -0.3 is 5.32 Å². The van der Waals surface area contributed by atoms with Gasteiger partial charge in [-0.3, -0.25) is 4.84 Å². The molecule has 0 fully saturated rings. The number of carbonyl (C=O) groups is 1. The molecule has 0 spiro atoms. The largest absolute Gasteiger partial charge is 0.341 e. The molecule has 13 heavy (non-hydrogen) atoms. The van der Waals surface area contributed by atoms with Crippen LogP contribution in [0.25, 0.3) is 0 Å². The summed E-state index contributed by atoms with van der Waals surface area (Å²) in [5.74, 6) is 0. The van der Waals surface area contributed by atoms with E-state index >= 15 is 0 Å². The minimum Gasteiger partial charge on any atom is -0.330 e. The number of rotatable bonds is 2. The summed E-state index contributed by atoms with van der Waals surface area (Å²) in [6.07, 6.45) is 7.40. The molecule has 0 bridgehead atoms. The van der Waals surface area contributed by atoms with Crippen LogP contribution in [0.4, 0.5) is 4.79 Å². The summed E-state index contributed by atoms with van der Waals surface area (Å²) in [5.41, 5.74) is 0. The SMILES string of the molecule is CON(C)C(=O)NC1C=CCCC1. The third-order valence-electron chi connectivity index (χ3n) is 2.12. The quantitative estimate of drug-likeness (QED) is 0.519. The van der Waals surface area contributed by atoms with Gasteiger partial charge in [-0.15, -0.1) is 0 Å². The van der Waals surface area contributed by atoms with Crippen molar-refractivity contribution in [3.05, 3.63) is 12.2 Å². The van der Waals surface area contributed by atoms with Crippen molar-refractivity contribution < 1.29 is 9.63 Å². The van der Waals surface area contributed by atoms with Gasteiger partial charge in [0.25, 0.3) is 0 Å². The van der Waals surface area contributed by atoms with Gasteiger partial charge >= 0.3 is 6.03 Å². The Balaban J connectivity index is 2.34. The van der Waals surface area contributed by atoms with E-state index in [9.17, 15) is 4.79 Å². The lowest BCUT2D eigenvalue weighted by atomic mass is 10.0. The van der Waals surface area contributed by atoms with E-state index in [1.807, 2.05) is 6.08 Å². The van der Waals surface area contributed by atoms with Crippen LogP contribution in [-0.2, 0) is 4.84 Å². The highest BCUT2D eigenvalue weighted by Crippen LogP contribution is 2.10. The molecule has 1 atom stereocenters. The molecule has 0 aromatic heterocycles. The fourth-order valence-corrected chi connectivity index (χ4v) is 1.27. The van der Waals surface area contributed by atoms with E-state index in [1.54, 1.807) is 7.05 Å². The van der Waals surface area contributed by atoms with Gasteiger partial charge in [-0.25, -0.2) is 9.86 Å². The highest BCUT2D eigenvalue weighted by Gasteiger charge is 2.13. The van der Waals surface area contributed by atoms with E-state index < -0.39 is 0 Å². The van der Waals surface area contributed by atoms with Crippen molar-refractivity contribution in [2.75, 3.05) is 14.2 Å². The predicted molar refractivity (Wildman–Crippen MR) is 50.1 cm³/mol. The van der Waals surface area contributed by atoms with Crippen molar-refractivity contribution in [3.63, 3.8) is 0 Å². The van der Waals surface area contributed by atoms with E-state index in [0.717, 1.165) is 19.3 Å². The van der Waals surface area contributed by atoms with Gasteiger partial charge in [0.05, 0.1) is 7.11 Å². The Labute approximate surface area is 78.5 Å². The fourth-order valence-electron chi connectivity index (χ4n) is 1.27. The van der Waals surface area contributed by atoms with Crippen molar-refractivity contribution in [1.82, 2.24) is 10.4 Å². The van der Waals surface area contributed by atoms with Crippen LogP contribution in [0.3, 0.4) is 0 Å². The molecule has 1 rings (SSSR count). The van der Waals surface area contributed by atoms with Crippen LogP contribution in [0.5, 0.6) is 0 Å². The second-order valence-corrected chi connectivity index (χ2v) is 3.10. The zero-order valence-corrected chi connectivity index (χ0v) is 8.12. The van der Waals surface area contributed by atoms with Gasteiger partial charge in [-0.05, 0) is 19.3 Å². The Morgan fingerprint density at radius 1 is 1.69 bits per heavy atom. The highest BCUT2D eigenvalue weighted by molar-refractivity contribution is 5.73. The van der Waals surface area contributed by atoms with Crippen LogP contribution in [-0.4, -0.2) is 31.3 Å². The summed E-state index contributed by atoms with van der Waals surface area (Å²) in [6.45, 7) is 0. The van der Waals surface area contributed by atoms with Crippen molar-refractivity contribution in [1.29, 1.82) is 0 Å². The minimum absolute atomic E-state index is 0.166. The van der Waals surface area contributed by atoms with Gasteiger partial charge in [0, 0.05) is 13.1 Å². The van der Waals surface area contributed by atoms with E-state index in [1.165, 1.54) is 12.2 Å². The Morgan fingerprint density at radius 2 is 2.46 bits per heavy atom. The molecule has 1 unspecified atom stereocenters. The van der Waals surface area contributed by atoms with Gasteiger partial charge in [0.2, 0.25) is 0 Å².